The van der Waals surface area contributed by atoms with Crippen molar-refractivity contribution in [2.24, 2.45) is 5.92 Å². The average Bonchev–Trinajstić information content (AvgIpc) is 2.96. The first kappa shape index (κ1) is 14.8. The molecule has 21 heavy (non-hydrogen) atoms. The molecule has 2 fully saturated rings. The number of nitrogens with one attached hydrogen (secondary N) is 2. The number of carbonyl (C=O) groups is 1. The molecule has 2 N–H and O–H groups in total. The summed E-state index contributed by atoms with van der Waals surface area (Å²) in [5.74, 6) is 0.803. The third-order valence-corrected chi connectivity index (χ3v) is 4.94. The van der Waals surface area contributed by atoms with E-state index in [0.717, 1.165) is 31.1 Å². The Hall–Kier alpha value is -1.10. The van der Waals surface area contributed by atoms with Crippen molar-refractivity contribution in [2.75, 3.05) is 26.2 Å². The zero-order valence-corrected chi connectivity index (χ0v) is 12.9. The molecule has 0 bridgehead atoms. The summed E-state index contributed by atoms with van der Waals surface area (Å²) < 4.78 is 0. The van der Waals surface area contributed by atoms with Gasteiger partial charge in [0.05, 0.1) is 6.54 Å². The number of benzene rings is 1. The Kier molecular flexibility index (Phi) is 4.78. The third kappa shape index (κ3) is 3.57. The van der Waals surface area contributed by atoms with Crippen LogP contribution in [0.3, 0.4) is 0 Å². The average molecular weight is 308 g/mol. The molecule has 1 aromatic rings. The minimum atomic E-state index is 0.0856. The Morgan fingerprint density at radius 3 is 3.10 bits per heavy atom. The highest BCUT2D eigenvalue weighted by Crippen LogP contribution is 2.25. The highest BCUT2D eigenvalue weighted by Gasteiger charge is 2.35. The van der Waals surface area contributed by atoms with Crippen LogP contribution in [0.5, 0.6) is 0 Å². The first-order valence-corrected chi connectivity index (χ1v) is 8.06. The van der Waals surface area contributed by atoms with Gasteiger partial charge in [-0.1, -0.05) is 29.8 Å². The Morgan fingerprint density at radius 1 is 1.38 bits per heavy atom. The van der Waals surface area contributed by atoms with E-state index in [0.29, 0.717) is 24.2 Å². The molecule has 0 aromatic heterocycles. The molecule has 2 atom stereocenters. The van der Waals surface area contributed by atoms with Crippen molar-refractivity contribution in [1.29, 1.82) is 0 Å². The molecule has 2 unspecified atom stereocenters. The van der Waals surface area contributed by atoms with Gasteiger partial charge in [-0.15, -0.1) is 0 Å². The van der Waals surface area contributed by atoms with Gasteiger partial charge in [0.15, 0.2) is 0 Å². The van der Waals surface area contributed by atoms with Gasteiger partial charge in [-0.3, -0.25) is 9.69 Å². The number of carbonyl (C=O) groups excluding carboxylic acids is 1. The van der Waals surface area contributed by atoms with Crippen molar-refractivity contribution in [1.82, 2.24) is 15.5 Å². The minimum Gasteiger partial charge on any atom is -0.351 e. The van der Waals surface area contributed by atoms with E-state index in [1.807, 2.05) is 24.3 Å². The van der Waals surface area contributed by atoms with Gasteiger partial charge in [0.1, 0.15) is 0 Å². The lowest BCUT2D eigenvalue weighted by molar-refractivity contribution is -0.123. The van der Waals surface area contributed by atoms with Crippen LogP contribution in [0.2, 0.25) is 5.02 Å². The summed E-state index contributed by atoms with van der Waals surface area (Å²) in [5, 5.41) is 7.13. The van der Waals surface area contributed by atoms with Crippen LogP contribution in [0.4, 0.5) is 0 Å². The molecular formula is C16H22ClN3O. The number of likely N-dealkylation sites (tertiary alicyclic amines) is 1. The molecule has 0 spiro atoms. The van der Waals surface area contributed by atoms with Gasteiger partial charge in [0.2, 0.25) is 5.91 Å². The van der Waals surface area contributed by atoms with Crippen LogP contribution in [-0.4, -0.2) is 43.0 Å². The van der Waals surface area contributed by atoms with Gasteiger partial charge in [-0.25, -0.2) is 0 Å². The molecule has 0 radical (unpaired) electrons. The van der Waals surface area contributed by atoms with Gasteiger partial charge in [-0.2, -0.15) is 0 Å². The number of hydrogen-bond donors (Lipinski definition) is 2. The van der Waals surface area contributed by atoms with Crippen LogP contribution in [0.15, 0.2) is 24.3 Å². The standard InChI is InChI=1S/C16H22ClN3O/c17-14-6-2-1-4-12(14)9-19-16(21)11-20-7-3-5-13-8-18-10-15(13)20/h1-2,4,6,13,15,18H,3,5,7-11H2,(H,19,21). The Balaban J connectivity index is 1.51. The summed E-state index contributed by atoms with van der Waals surface area (Å²) >= 11 is 6.10. The molecule has 1 aromatic carbocycles. The molecule has 5 heteroatoms. The first-order chi connectivity index (χ1) is 10.2. The lowest BCUT2D eigenvalue weighted by Crippen LogP contribution is -2.49. The topological polar surface area (TPSA) is 44.4 Å². The predicted molar refractivity (Wildman–Crippen MR) is 84.3 cm³/mol. The van der Waals surface area contributed by atoms with Gasteiger partial charge in [0, 0.05) is 24.2 Å². The largest absolute Gasteiger partial charge is 0.351 e. The molecule has 1 amide bonds. The summed E-state index contributed by atoms with van der Waals surface area (Å²) in [6.45, 7) is 4.14. The van der Waals surface area contributed by atoms with Gasteiger partial charge in [0.25, 0.3) is 0 Å². The monoisotopic (exact) mass is 307 g/mol. The fourth-order valence-electron chi connectivity index (χ4n) is 3.44. The third-order valence-electron chi connectivity index (χ3n) is 4.57. The molecule has 2 saturated heterocycles. The van der Waals surface area contributed by atoms with E-state index in [1.54, 1.807) is 0 Å². The lowest BCUT2D eigenvalue weighted by atomic mass is 9.92. The minimum absolute atomic E-state index is 0.0856. The maximum Gasteiger partial charge on any atom is 0.234 e. The summed E-state index contributed by atoms with van der Waals surface area (Å²) in [6, 6.07) is 8.16. The maximum absolute atomic E-state index is 12.2. The quantitative estimate of drug-likeness (QED) is 0.889. The number of amides is 1. The Bertz CT molecular complexity index is 508. The van der Waals surface area contributed by atoms with Crippen molar-refractivity contribution < 1.29 is 4.79 Å². The second kappa shape index (κ2) is 6.77. The highest BCUT2D eigenvalue weighted by atomic mass is 35.5. The van der Waals surface area contributed by atoms with E-state index in [-0.39, 0.29) is 5.91 Å². The predicted octanol–water partition coefficient (Wildman–Crippen LogP) is 1.64. The van der Waals surface area contributed by atoms with Crippen LogP contribution in [-0.2, 0) is 11.3 Å². The van der Waals surface area contributed by atoms with E-state index in [4.69, 9.17) is 11.6 Å². The van der Waals surface area contributed by atoms with Gasteiger partial charge >= 0.3 is 0 Å². The van der Waals surface area contributed by atoms with E-state index >= 15 is 0 Å². The molecule has 0 aliphatic carbocycles. The first-order valence-electron chi connectivity index (χ1n) is 7.69. The highest BCUT2D eigenvalue weighted by molar-refractivity contribution is 6.31. The molecule has 2 aliphatic heterocycles. The molecule has 114 valence electrons. The summed E-state index contributed by atoms with van der Waals surface area (Å²) in [4.78, 5) is 14.5. The van der Waals surface area contributed by atoms with Crippen LogP contribution >= 0.6 is 11.6 Å². The lowest BCUT2D eigenvalue weighted by Gasteiger charge is -2.36. The fraction of sp³-hybridized carbons (Fsp3) is 0.562. The number of hydrogen-bond acceptors (Lipinski definition) is 3. The second-order valence-corrected chi connectivity index (χ2v) is 6.37. The number of halogens is 1. The van der Waals surface area contributed by atoms with E-state index < -0.39 is 0 Å². The normalized spacial score (nSPS) is 25.6. The van der Waals surface area contributed by atoms with E-state index in [1.165, 1.54) is 12.8 Å². The van der Waals surface area contributed by atoms with Gasteiger partial charge < -0.3 is 10.6 Å². The fourth-order valence-corrected chi connectivity index (χ4v) is 3.64. The SMILES string of the molecule is O=C(CN1CCCC2CNCC21)NCc1ccccc1Cl. The Labute approximate surface area is 130 Å². The smallest absolute Gasteiger partial charge is 0.234 e. The molecule has 0 saturated carbocycles. The summed E-state index contributed by atoms with van der Waals surface area (Å²) in [5.41, 5.74) is 0.964. The van der Waals surface area contributed by atoms with E-state index in [9.17, 15) is 4.79 Å². The second-order valence-electron chi connectivity index (χ2n) is 5.97. The Morgan fingerprint density at radius 2 is 2.24 bits per heavy atom. The zero-order chi connectivity index (χ0) is 14.7. The molecular weight excluding hydrogens is 286 g/mol. The number of fused-ring (bicyclic) bond motifs is 1. The van der Waals surface area contributed by atoms with Crippen LogP contribution in [0.1, 0.15) is 18.4 Å². The van der Waals surface area contributed by atoms with Crippen LogP contribution < -0.4 is 10.6 Å². The van der Waals surface area contributed by atoms with Crippen LogP contribution in [0, 0.1) is 5.92 Å². The maximum atomic E-state index is 12.2. The summed E-state index contributed by atoms with van der Waals surface area (Å²) in [6.07, 6.45) is 2.48. The van der Waals surface area contributed by atoms with Gasteiger partial charge in [-0.05, 0) is 43.5 Å². The van der Waals surface area contributed by atoms with Crippen molar-refractivity contribution >= 4 is 17.5 Å². The number of piperidine rings is 1. The molecule has 2 heterocycles. The molecule has 3 rings (SSSR count). The summed E-state index contributed by atoms with van der Waals surface area (Å²) in [7, 11) is 0. The van der Waals surface area contributed by atoms with Crippen molar-refractivity contribution in [3.05, 3.63) is 34.9 Å². The van der Waals surface area contributed by atoms with Crippen molar-refractivity contribution in [2.45, 2.75) is 25.4 Å². The van der Waals surface area contributed by atoms with Crippen molar-refractivity contribution in [3.8, 4) is 0 Å². The zero-order valence-electron chi connectivity index (χ0n) is 12.1. The van der Waals surface area contributed by atoms with Crippen LogP contribution in [0.25, 0.3) is 0 Å². The number of rotatable bonds is 4. The van der Waals surface area contributed by atoms with Crippen molar-refractivity contribution in [3.63, 3.8) is 0 Å². The van der Waals surface area contributed by atoms with E-state index in [2.05, 4.69) is 15.5 Å². The molecule has 2 aliphatic rings. The number of nitrogens with zero attached hydrogens (tertiary/aromatic N) is 1. The molecule has 4 nitrogen and oxygen atoms in total.